The minimum atomic E-state index is 1.00. The van der Waals surface area contributed by atoms with Gasteiger partial charge in [-0.2, -0.15) is 0 Å². The minimum absolute atomic E-state index is 1.00. The minimum Gasteiger partial charge on any atom is -0.0617 e. The van der Waals surface area contributed by atoms with Gasteiger partial charge < -0.3 is 0 Å². The van der Waals surface area contributed by atoms with E-state index in [1.165, 1.54) is 234 Å². The van der Waals surface area contributed by atoms with Gasteiger partial charge in [0, 0.05) is 0 Å². The Morgan fingerprint density at radius 2 is 0.236 bits per heavy atom. The summed E-state index contributed by atoms with van der Waals surface area (Å²) in [5.74, 6) is 0. The van der Waals surface area contributed by atoms with E-state index in [4.69, 9.17) is 0 Å². The van der Waals surface area contributed by atoms with Crippen molar-refractivity contribution in [3.05, 3.63) is 525 Å². The van der Waals surface area contributed by atoms with E-state index in [9.17, 15) is 0 Å². The van der Waals surface area contributed by atoms with Crippen LogP contribution in [0.5, 0.6) is 0 Å². The van der Waals surface area contributed by atoms with E-state index in [0.717, 1.165) is 57.8 Å². The van der Waals surface area contributed by atoms with Crippen LogP contribution in [0.15, 0.2) is 291 Å². The number of hydrogen-bond acceptors (Lipinski definition) is 0. The van der Waals surface area contributed by atoms with Gasteiger partial charge in [-0.1, -0.05) is 291 Å². The lowest BCUT2D eigenvalue weighted by Crippen LogP contribution is -1.97. The fourth-order valence-electron chi connectivity index (χ4n) is 15.9. The molecule has 0 heteroatoms. The van der Waals surface area contributed by atoms with Crippen molar-refractivity contribution in [2.75, 3.05) is 0 Å². The Bertz CT molecular complexity index is 5780. The highest BCUT2D eigenvalue weighted by molar-refractivity contribution is 5.47. The van der Waals surface area contributed by atoms with Gasteiger partial charge >= 0.3 is 0 Å². The average Bonchev–Trinajstić information content (AvgIpc) is 0.840. The fraction of sp³-hybridized carbons (Fsp3) is 0.268. The van der Waals surface area contributed by atoms with Crippen LogP contribution in [0, 0.1) is 166 Å². The summed E-state index contributed by atoms with van der Waals surface area (Å²) in [4.78, 5) is 0. The summed E-state index contributed by atoms with van der Waals surface area (Å²) in [7, 11) is 0. The molecule has 0 heterocycles. The van der Waals surface area contributed by atoms with Crippen LogP contribution in [0.25, 0.3) is 0 Å². The summed E-state index contributed by atoms with van der Waals surface area (Å²) in [6.07, 6.45) is 9.16. The summed E-state index contributed by atoms with van der Waals surface area (Å²) < 4.78 is 0. The smallest absolute Gasteiger partial charge is 0.00203 e. The van der Waals surface area contributed by atoms with Crippen molar-refractivity contribution in [1.82, 2.24) is 0 Å². The van der Waals surface area contributed by atoms with Crippen LogP contribution >= 0.6 is 0 Å². The molecule has 630 valence electrons. The van der Waals surface area contributed by atoms with Crippen molar-refractivity contribution in [2.24, 2.45) is 0 Å². The van der Waals surface area contributed by atoms with Gasteiger partial charge in [0.2, 0.25) is 0 Å². The van der Waals surface area contributed by atoms with E-state index in [1.807, 2.05) is 0 Å². The molecule has 0 aliphatic heterocycles. The van der Waals surface area contributed by atoms with E-state index in [-0.39, 0.29) is 0 Å². The van der Waals surface area contributed by atoms with Crippen LogP contribution in [-0.2, 0) is 57.8 Å². The first kappa shape index (κ1) is 93.6. The molecule has 15 aromatic rings. The van der Waals surface area contributed by atoms with Crippen LogP contribution in [0.4, 0.5) is 0 Å². The molecule has 0 aliphatic carbocycles. The lowest BCUT2D eigenvalue weighted by Gasteiger charge is -2.12. The molecule has 15 aromatic carbocycles. The van der Waals surface area contributed by atoms with Gasteiger partial charge in [0.25, 0.3) is 0 Å². The van der Waals surface area contributed by atoms with Crippen LogP contribution < -0.4 is 0 Å². The number of aryl methyl sites for hydroxylation is 18. The molecule has 0 N–H and O–H groups in total. The summed E-state index contributed by atoms with van der Waals surface area (Å²) in [5, 5.41) is 0. The summed E-state index contributed by atoms with van der Waals surface area (Å²) >= 11 is 0. The number of rotatable bonds is 18. The van der Waals surface area contributed by atoms with Gasteiger partial charge in [0.15, 0.2) is 0 Å². The zero-order chi connectivity index (χ0) is 88.6. The molecule has 0 aliphatic rings. The topological polar surface area (TPSA) is 0 Å². The average molecular weight is 1620 g/mol. The van der Waals surface area contributed by atoms with E-state index in [1.54, 1.807) is 0 Å². The highest BCUT2D eigenvalue weighted by atomic mass is 14.2. The Hall–Kier alpha value is -11.7. The van der Waals surface area contributed by atoms with Crippen LogP contribution in [0.1, 0.15) is 234 Å². The molecule has 0 saturated heterocycles. The zero-order valence-corrected chi connectivity index (χ0v) is 79.1. The Balaban J connectivity index is 0.000000156. The largest absolute Gasteiger partial charge is 0.0617 e. The third-order valence-electron chi connectivity index (χ3n) is 26.4. The molecule has 0 fully saturated rings. The van der Waals surface area contributed by atoms with Gasteiger partial charge in [0.05, 0.1) is 0 Å². The van der Waals surface area contributed by atoms with Crippen LogP contribution in [-0.4, -0.2) is 0 Å². The molecule has 15 rings (SSSR count). The Morgan fingerprint density at radius 1 is 0.106 bits per heavy atom. The highest BCUT2D eigenvalue weighted by Crippen LogP contribution is 2.28. The van der Waals surface area contributed by atoms with E-state index >= 15 is 0 Å². The Kier molecular flexibility index (Phi) is 34.2. The van der Waals surface area contributed by atoms with Crippen molar-refractivity contribution < 1.29 is 0 Å². The highest BCUT2D eigenvalue weighted by Gasteiger charge is 2.12. The predicted octanol–water partition coefficient (Wildman–Crippen LogP) is 31.8. The number of hydrogen-bond donors (Lipinski definition) is 0. The van der Waals surface area contributed by atoms with E-state index < -0.39 is 0 Å². The number of benzene rings is 15. The molecule has 0 spiro atoms. The molecule has 0 saturated carbocycles. The molecule has 0 radical (unpaired) electrons. The standard InChI is InChI=1S/3C24H26.3C17H20/c1-17-5-7-23(13-19(17)3)15-21-9-11-22(12-10-21)16-24-8-6-18(2)20(4)14-24;1-17-7-5-9-23(19(17)3)15-21-11-13-22(14-12-21)16-24-10-6-8-18(2)20(24)4;1-17-8-9-23(14-19(17)3)15-21-10-12-22(13-11-21)16-24-7-5-6-18(2)20(24)4;1-12-5-7-16(9-14(12)3)11-17-8-6-13(2)15(4)10-17;1-12-7-5-9-16(14(12)3)11-17-10-6-8-13(2)15(17)4;1-12-8-9-16(10-14(12)3)11-17-7-5-6-13(2)15(17)4/h3*5-14H,15-16H2,1-4H3;3*5-10H,11H2,1-4H3. The lowest BCUT2D eigenvalue weighted by molar-refractivity contribution is 1.10. The second-order valence-electron chi connectivity index (χ2n) is 35.7. The first-order valence-corrected chi connectivity index (χ1v) is 44.7. The van der Waals surface area contributed by atoms with Gasteiger partial charge in [-0.25, -0.2) is 0 Å². The van der Waals surface area contributed by atoms with Gasteiger partial charge in [-0.15, -0.1) is 0 Å². The van der Waals surface area contributed by atoms with Gasteiger partial charge in [-0.05, 0) is 458 Å². The normalized spacial score (nSPS) is 10.7. The molecule has 0 atom stereocenters. The maximum absolute atomic E-state index is 2.30. The Morgan fingerprint density at radius 3 is 0.407 bits per heavy atom. The van der Waals surface area contributed by atoms with Crippen LogP contribution in [0.3, 0.4) is 0 Å². The van der Waals surface area contributed by atoms with Gasteiger partial charge in [0.1, 0.15) is 0 Å². The maximum atomic E-state index is 2.30. The van der Waals surface area contributed by atoms with Crippen molar-refractivity contribution in [3.8, 4) is 0 Å². The molecular weight excluding hydrogens is 1480 g/mol. The third kappa shape index (κ3) is 27.7. The summed E-state index contributed by atoms with van der Waals surface area (Å²) in [6.45, 7) is 52.5. The van der Waals surface area contributed by atoms with E-state index in [0.29, 0.717) is 0 Å². The van der Waals surface area contributed by atoms with E-state index in [2.05, 4.69) is 457 Å². The van der Waals surface area contributed by atoms with Crippen molar-refractivity contribution >= 4 is 0 Å². The summed E-state index contributed by atoms with van der Waals surface area (Å²) in [6, 6.07) is 107. The Labute approximate surface area is 743 Å². The van der Waals surface area contributed by atoms with Crippen LogP contribution in [0.2, 0.25) is 0 Å². The quantitative estimate of drug-likeness (QED) is 0.0803. The predicted molar refractivity (Wildman–Crippen MR) is 536 cm³/mol. The molecule has 0 unspecified atom stereocenters. The SMILES string of the molecule is Cc1ccc(Cc2ccc(C)c(C)c2)cc1C.Cc1ccc(Cc2ccc(Cc3ccc(C)c(C)c3)cc2)cc1C.Cc1ccc(Cc2ccc(Cc3cccc(C)c3C)cc2)cc1C.Cc1ccc(Cc2cccc(C)c2C)cc1C.Cc1cccc(Cc2ccc(Cc3cccc(C)c3C)cc2)c1C.Cc1cccc(Cc2cccc(C)c2C)c1C. The lowest BCUT2D eigenvalue weighted by atomic mass is 9.93. The third-order valence-corrected chi connectivity index (χ3v) is 26.4. The molecule has 0 nitrogen and oxygen atoms in total. The molecule has 0 amide bonds. The van der Waals surface area contributed by atoms with Crippen molar-refractivity contribution in [2.45, 2.75) is 224 Å². The first-order chi connectivity index (χ1) is 58.8. The monoisotopic (exact) mass is 1620 g/mol. The van der Waals surface area contributed by atoms with Gasteiger partial charge in [-0.3, -0.25) is 0 Å². The molecule has 123 heavy (non-hydrogen) atoms. The second-order valence-corrected chi connectivity index (χ2v) is 35.7. The molecule has 0 bridgehead atoms. The fourth-order valence-corrected chi connectivity index (χ4v) is 15.9. The van der Waals surface area contributed by atoms with Crippen molar-refractivity contribution in [3.63, 3.8) is 0 Å². The molecule has 0 aromatic heterocycles. The zero-order valence-electron chi connectivity index (χ0n) is 79.1. The van der Waals surface area contributed by atoms with Crippen molar-refractivity contribution in [1.29, 1.82) is 0 Å². The summed E-state index contributed by atoms with van der Waals surface area (Å²) in [5.41, 5.74) is 58.5. The first-order valence-electron chi connectivity index (χ1n) is 44.7. The second kappa shape index (κ2) is 44.9. The molecular formula is C123H138. The maximum Gasteiger partial charge on any atom is -0.00203 e.